The van der Waals surface area contributed by atoms with E-state index in [2.05, 4.69) is 12.0 Å². The molecule has 0 spiro atoms. The van der Waals surface area contributed by atoms with Crippen LogP contribution in [-0.2, 0) is 4.74 Å². The zero-order valence-corrected chi connectivity index (χ0v) is 11.9. The van der Waals surface area contributed by atoms with Crippen LogP contribution in [0.1, 0.15) is 45.0 Å². The molecule has 1 aliphatic heterocycles. The molecule has 1 fully saturated rings. The molecule has 0 amide bonds. The Balaban J connectivity index is 2.27. The quantitative estimate of drug-likeness (QED) is 0.920. The van der Waals surface area contributed by atoms with Crippen LogP contribution in [0, 0.1) is 11.8 Å². The van der Waals surface area contributed by atoms with Crippen molar-refractivity contribution in [3.63, 3.8) is 0 Å². The first-order chi connectivity index (χ1) is 8.52. The van der Waals surface area contributed by atoms with Crippen LogP contribution < -0.4 is 0 Å². The summed E-state index contributed by atoms with van der Waals surface area (Å²) < 4.78 is 7.24. The molecule has 0 radical (unpaired) electrons. The van der Waals surface area contributed by atoms with Gasteiger partial charge in [-0.1, -0.05) is 18.5 Å². The first-order valence-electron chi connectivity index (χ1n) is 6.51. The second kappa shape index (κ2) is 5.59. The Kier molecular flexibility index (Phi) is 4.30. The zero-order chi connectivity index (χ0) is 13.3. The minimum Gasteiger partial charge on any atom is -0.386 e. The van der Waals surface area contributed by atoms with E-state index in [-0.39, 0.29) is 12.0 Å². The topological polar surface area (TPSA) is 47.3 Å². The fourth-order valence-corrected chi connectivity index (χ4v) is 2.85. The van der Waals surface area contributed by atoms with Crippen LogP contribution >= 0.6 is 11.6 Å². The molecule has 18 heavy (non-hydrogen) atoms. The van der Waals surface area contributed by atoms with E-state index in [1.54, 1.807) is 6.20 Å². The summed E-state index contributed by atoms with van der Waals surface area (Å²) in [5, 5.41) is 15.4. The Hall–Kier alpha value is -0.580. The number of ether oxygens (including phenoxy) is 1. The van der Waals surface area contributed by atoms with Gasteiger partial charge in [0.15, 0.2) is 0 Å². The molecular weight excluding hydrogens is 252 g/mol. The Morgan fingerprint density at radius 2 is 2.28 bits per heavy atom. The van der Waals surface area contributed by atoms with Crippen molar-refractivity contribution in [3.8, 4) is 0 Å². The van der Waals surface area contributed by atoms with Gasteiger partial charge in [-0.3, -0.25) is 4.68 Å². The van der Waals surface area contributed by atoms with Crippen LogP contribution in [0.4, 0.5) is 0 Å². The number of hydrogen-bond donors (Lipinski definition) is 1. The fraction of sp³-hybridized carbons (Fsp3) is 0.769. The van der Waals surface area contributed by atoms with E-state index >= 15 is 0 Å². The van der Waals surface area contributed by atoms with Crippen molar-refractivity contribution in [2.75, 3.05) is 13.2 Å². The molecule has 3 unspecified atom stereocenters. The van der Waals surface area contributed by atoms with E-state index in [0.29, 0.717) is 24.2 Å². The minimum atomic E-state index is -0.568. The molecule has 2 rings (SSSR count). The molecule has 0 aliphatic carbocycles. The Labute approximate surface area is 113 Å². The van der Waals surface area contributed by atoms with E-state index in [0.717, 1.165) is 12.1 Å². The molecule has 5 heteroatoms. The van der Waals surface area contributed by atoms with Gasteiger partial charge in [0.25, 0.3) is 0 Å². The van der Waals surface area contributed by atoms with Crippen LogP contribution in [0.2, 0.25) is 5.02 Å². The van der Waals surface area contributed by atoms with Gasteiger partial charge in [0.05, 0.1) is 16.9 Å². The molecule has 1 aliphatic rings. The summed E-state index contributed by atoms with van der Waals surface area (Å²) in [7, 11) is 0. The lowest BCUT2D eigenvalue weighted by atomic mass is 9.84. The Morgan fingerprint density at radius 1 is 1.56 bits per heavy atom. The van der Waals surface area contributed by atoms with Crippen molar-refractivity contribution in [1.29, 1.82) is 0 Å². The molecule has 1 aromatic rings. The number of rotatable bonds is 3. The van der Waals surface area contributed by atoms with Gasteiger partial charge in [-0.25, -0.2) is 0 Å². The smallest absolute Gasteiger partial charge is 0.100 e. The number of aliphatic hydroxyl groups excluding tert-OH is 1. The summed E-state index contributed by atoms with van der Waals surface area (Å²) in [6.45, 7) is 7.59. The number of halogens is 1. The number of hydrogen-bond acceptors (Lipinski definition) is 3. The van der Waals surface area contributed by atoms with E-state index in [1.807, 2.05) is 18.5 Å². The standard InChI is InChI=1S/C13H21ClN2O2/c1-8(2)16-12(11(14)6-15-16)13(17)10-4-5-18-7-9(10)3/h6,8-10,13,17H,4-5,7H2,1-3H3. The number of aromatic nitrogens is 2. The van der Waals surface area contributed by atoms with Crippen molar-refractivity contribution >= 4 is 11.6 Å². The second-order valence-electron chi connectivity index (χ2n) is 5.37. The summed E-state index contributed by atoms with van der Waals surface area (Å²) in [5.74, 6) is 0.519. The monoisotopic (exact) mass is 272 g/mol. The maximum absolute atomic E-state index is 10.6. The molecule has 102 valence electrons. The first kappa shape index (κ1) is 13.8. The van der Waals surface area contributed by atoms with E-state index in [4.69, 9.17) is 16.3 Å². The molecule has 0 aromatic carbocycles. The molecule has 1 N–H and O–H groups in total. The van der Waals surface area contributed by atoms with Gasteiger partial charge in [0.1, 0.15) is 6.10 Å². The summed E-state index contributed by atoms with van der Waals surface area (Å²) in [6.07, 6.45) is 1.91. The average molecular weight is 273 g/mol. The Morgan fingerprint density at radius 3 is 2.89 bits per heavy atom. The third kappa shape index (κ3) is 2.56. The van der Waals surface area contributed by atoms with Crippen molar-refractivity contribution in [1.82, 2.24) is 9.78 Å². The van der Waals surface area contributed by atoms with Crippen molar-refractivity contribution in [2.45, 2.75) is 39.3 Å². The van der Waals surface area contributed by atoms with Gasteiger partial charge in [-0.15, -0.1) is 0 Å². The first-order valence-corrected chi connectivity index (χ1v) is 6.89. The SMILES string of the molecule is CC1COCCC1C(O)c1c(Cl)cnn1C(C)C. The molecule has 3 atom stereocenters. The predicted octanol–water partition coefficient (Wildman–Crippen LogP) is 2.82. The third-order valence-electron chi connectivity index (χ3n) is 3.67. The highest BCUT2D eigenvalue weighted by atomic mass is 35.5. The summed E-state index contributed by atoms with van der Waals surface area (Å²) in [5.41, 5.74) is 0.741. The largest absolute Gasteiger partial charge is 0.386 e. The van der Waals surface area contributed by atoms with Crippen LogP contribution in [0.5, 0.6) is 0 Å². The maximum atomic E-state index is 10.6. The molecule has 0 bridgehead atoms. The van der Waals surface area contributed by atoms with Crippen LogP contribution in [0.3, 0.4) is 0 Å². The molecule has 4 nitrogen and oxygen atoms in total. The number of nitrogens with zero attached hydrogens (tertiary/aromatic N) is 2. The van der Waals surface area contributed by atoms with Gasteiger partial charge in [-0.2, -0.15) is 5.10 Å². The summed E-state index contributed by atoms with van der Waals surface area (Å²) in [4.78, 5) is 0. The minimum absolute atomic E-state index is 0.186. The molecule has 1 aromatic heterocycles. The van der Waals surface area contributed by atoms with Crippen LogP contribution in [0.15, 0.2) is 6.20 Å². The van der Waals surface area contributed by atoms with Gasteiger partial charge in [0.2, 0.25) is 0 Å². The molecule has 0 saturated carbocycles. The van der Waals surface area contributed by atoms with Crippen LogP contribution in [0.25, 0.3) is 0 Å². The molecule has 2 heterocycles. The van der Waals surface area contributed by atoms with Gasteiger partial charge in [-0.05, 0) is 32.1 Å². The third-order valence-corrected chi connectivity index (χ3v) is 3.96. The molecular formula is C13H21ClN2O2. The lowest BCUT2D eigenvalue weighted by molar-refractivity contribution is -0.0339. The lowest BCUT2D eigenvalue weighted by Crippen LogP contribution is -2.31. The highest BCUT2D eigenvalue weighted by molar-refractivity contribution is 6.31. The maximum Gasteiger partial charge on any atom is 0.100 e. The summed E-state index contributed by atoms with van der Waals surface area (Å²) in [6, 6.07) is 0.192. The van der Waals surface area contributed by atoms with Gasteiger partial charge < -0.3 is 9.84 Å². The summed E-state index contributed by atoms with van der Waals surface area (Å²) >= 11 is 6.18. The van der Waals surface area contributed by atoms with E-state index in [1.165, 1.54) is 0 Å². The average Bonchev–Trinajstić information content (AvgIpc) is 2.71. The van der Waals surface area contributed by atoms with E-state index in [9.17, 15) is 5.11 Å². The van der Waals surface area contributed by atoms with Crippen molar-refractivity contribution in [2.24, 2.45) is 11.8 Å². The normalized spacial score (nSPS) is 26.6. The molecule has 1 saturated heterocycles. The predicted molar refractivity (Wildman–Crippen MR) is 70.7 cm³/mol. The second-order valence-corrected chi connectivity index (χ2v) is 5.77. The van der Waals surface area contributed by atoms with Gasteiger partial charge in [0, 0.05) is 19.3 Å². The highest BCUT2D eigenvalue weighted by Crippen LogP contribution is 2.37. The zero-order valence-electron chi connectivity index (χ0n) is 11.1. The van der Waals surface area contributed by atoms with Crippen molar-refractivity contribution in [3.05, 3.63) is 16.9 Å². The highest BCUT2D eigenvalue weighted by Gasteiger charge is 2.33. The Bertz CT molecular complexity index is 406. The van der Waals surface area contributed by atoms with Gasteiger partial charge >= 0.3 is 0 Å². The van der Waals surface area contributed by atoms with E-state index < -0.39 is 6.10 Å². The number of aliphatic hydroxyl groups is 1. The fourth-order valence-electron chi connectivity index (χ4n) is 2.61. The van der Waals surface area contributed by atoms with Crippen LogP contribution in [-0.4, -0.2) is 28.1 Å². The lowest BCUT2D eigenvalue weighted by Gasteiger charge is -2.33. The van der Waals surface area contributed by atoms with Crippen molar-refractivity contribution < 1.29 is 9.84 Å².